The molecule has 4 atom stereocenters. The van der Waals surface area contributed by atoms with Crippen LogP contribution in [0.1, 0.15) is 17.9 Å². The summed E-state index contributed by atoms with van der Waals surface area (Å²) >= 11 is 5.99. The van der Waals surface area contributed by atoms with E-state index in [0.29, 0.717) is 10.9 Å². The molecule has 0 radical (unpaired) electrons. The van der Waals surface area contributed by atoms with Gasteiger partial charge < -0.3 is 5.11 Å². The quantitative estimate of drug-likeness (QED) is 0.815. The second kappa shape index (κ2) is 3.88. The molecular weight excluding hydrogens is 236 g/mol. The highest BCUT2D eigenvalue weighted by Crippen LogP contribution is 2.53. The standard InChI is InChI=1S/C14H13ClO2/c15-11-3-1-2-8(7-11)12-9-4-5-10(6-9)13(12)14(16)17/h1-5,7,9-10,12-13H,6H2,(H,16,17)/t9-,10+,12-,13-/m0/s1. The number of benzene rings is 1. The van der Waals surface area contributed by atoms with Crippen molar-refractivity contribution in [2.75, 3.05) is 0 Å². The molecule has 17 heavy (non-hydrogen) atoms. The zero-order chi connectivity index (χ0) is 12.0. The van der Waals surface area contributed by atoms with E-state index in [2.05, 4.69) is 12.2 Å². The van der Waals surface area contributed by atoms with E-state index in [1.165, 1.54) is 0 Å². The van der Waals surface area contributed by atoms with E-state index in [1.807, 2.05) is 24.3 Å². The second-order valence-corrected chi connectivity index (χ2v) is 5.33. The fraction of sp³-hybridized carbons (Fsp3) is 0.357. The van der Waals surface area contributed by atoms with Crippen LogP contribution in [0.2, 0.25) is 5.02 Å². The van der Waals surface area contributed by atoms with Crippen LogP contribution in [-0.2, 0) is 4.79 Å². The molecule has 0 saturated heterocycles. The molecule has 0 aromatic heterocycles. The SMILES string of the molecule is O=C(O)[C@@H]1[C@@H](c2cccc(Cl)c2)[C@H]2C=C[C@@H]1C2. The molecule has 2 bridgehead atoms. The van der Waals surface area contributed by atoms with Crippen molar-refractivity contribution in [1.82, 2.24) is 0 Å². The van der Waals surface area contributed by atoms with E-state index in [0.717, 1.165) is 12.0 Å². The maximum absolute atomic E-state index is 11.4. The largest absolute Gasteiger partial charge is 0.481 e. The highest BCUT2D eigenvalue weighted by molar-refractivity contribution is 6.30. The van der Waals surface area contributed by atoms with E-state index in [9.17, 15) is 9.90 Å². The van der Waals surface area contributed by atoms with Gasteiger partial charge >= 0.3 is 5.97 Å². The average molecular weight is 249 g/mol. The summed E-state index contributed by atoms with van der Waals surface area (Å²) < 4.78 is 0. The van der Waals surface area contributed by atoms with Crippen LogP contribution in [0.25, 0.3) is 0 Å². The number of carboxylic acid groups (broad SMARTS) is 1. The predicted molar refractivity (Wildman–Crippen MR) is 66.1 cm³/mol. The zero-order valence-corrected chi connectivity index (χ0v) is 9.97. The molecule has 0 amide bonds. The van der Waals surface area contributed by atoms with E-state index in [4.69, 9.17) is 11.6 Å². The van der Waals surface area contributed by atoms with Crippen molar-refractivity contribution < 1.29 is 9.90 Å². The van der Waals surface area contributed by atoms with Gasteiger partial charge in [-0.15, -0.1) is 0 Å². The van der Waals surface area contributed by atoms with Gasteiger partial charge in [-0.3, -0.25) is 4.79 Å². The van der Waals surface area contributed by atoms with Gasteiger partial charge in [-0.1, -0.05) is 35.9 Å². The first-order valence-electron chi connectivity index (χ1n) is 5.83. The molecule has 2 nitrogen and oxygen atoms in total. The van der Waals surface area contributed by atoms with Crippen molar-refractivity contribution in [2.45, 2.75) is 12.3 Å². The lowest BCUT2D eigenvalue weighted by Gasteiger charge is -2.25. The topological polar surface area (TPSA) is 37.3 Å². The molecule has 2 aliphatic carbocycles. The summed E-state index contributed by atoms with van der Waals surface area (Å²) in [7, 11) is 0. The molecule has 0 unspecified atom stereocenters. The van der Waals surface area contributed by atoms with Crippen LogP contribution in [0.4, 0.5) is 0 Å². The smallest absolute Gasteiger partial charge is 0.307 e. The molecule has 1 aromatic rings. The van der Waals surface area contributed by atoms with E-state index in [1.54, 1.807) is 0 Å². The Morgan fingerprint density at radius 1 is 1.29 bits per heavy atom. The van der Waals surface area contributed by atoms with E-state index in [-0.39, 0.29) is 17.8 Å². The van der Waals surface area contributed by atoms with Crippen LogP contribution in [0.3, 0.4) is 0 Å². The van der Waals surface area contributed by atoms with Gasteiger partial charge in [0.05, 0.1) is 5.92 Å². The number of halogens is 1. The summed E-state index contributed by atoms with van der Waals surface area (Å²) in [6.45, 7) is 0. The first kappa shape index (κ1) is 10.8. The van der Waals surface area contributed by atoms with Crippen molar-refractivity contribution in [1.29, 1.82) is 0 Å². The molecule has 0 aliphatic heterocycles. The number of allylic oxidation sites excluding steroid dienone is 2. The first-order valence-corrected chi connectivity index (χ1v) is 6.21. The van der Waals surface area contributed by atoms with Gasteiger partial charge in [0.15, 0.2) is 0 Å². The third-order valence-corrected chi connectivity index (χ3v) is 4.21. The van der Waals surface area contributed by atoms with Crippen molar-refractivity contribution in [2.24, 2.45) is 17.8 Å². The highest BCUT2D eigenvalue weighted by Gasteiger charge is 2.48. The summed E-state index contributed by atoms with van der Waals surface area (Å²) in [5, 5.41) is 10.0. The Balaban J connectivity index is 2.02. The Morgan fingerprint density at radius 2 is 2.06 bits per heavy atom. The number of fused-ring (bicyclic) bond motifs is 2. The van der Waals surface area contributed by atoms with Crippen molar-refractivity contribution >= 4 is 17.6 Å². The van der Waals surface area contributed by atoms with Gasteiger partial charge in [0, 0.05) is 10.9 Å². The summed E-state index contributed by atoms with van der Waals surface area (Å²) in [5.41, 5.74) is 1.06. The molecule has 1 saturated carbocycles. The van der Waals surface area contributed by atoms with E-state index >= 15 is 0 Å². The van der Waals surface area contributed by atoms with Gasteiger partial charge in [0.25, 0.3) is 0 Å². The highest BCUT2D eigenvalue weighted by atomic mass is 35.5. The average Bonchev–Trinajstić information content (AvgIpc) is 2.88. The first-order chi connectivity index (χ1) is 8.16. The number of hydrogen-bond donors (Lipinski definition) is 1. The van der Waals surface area contributed by atoms with Crippen molar-refractivity contribution in [3.05, 3.63) is 47.0 Å². The van der Waals surface area contributed by atoms with Crippen LogP contribution in [0.5, 0.6) is 0 Å². The minimum absolute atomic E-state index is 0.0844. The molecule has 1 aromatic carbocycles. The van der Waals surface area contributed by atoms with Crippen LogP contribution in [0, 0.1) is 17.8 Å². The molecule has 3 heteroatoms. The fourth-order valence-electron chi connectivity index (χ4n) is 3.33. The summed E-state index contributed by atoms with van der Waals surface area (Å²) in [6, 6.07) is 7.61. The Bertz CT molecular complexity index is 495. The van der Waals surface area contributed by atoms with Crippen LogP contribution in [-0.4, -0.2) is 11.1 Å². The molecule has 1 N–H and O–H groups in total. The van der Waals surface area contributed by atoms with Gasteiger partial charge in [-0.25, -0.2) is 0 Å². The Hall–Kier alpha value is -1.28. The van der Waals surface area contributed by atoms with Gasteiger partial charge in [-0.2, -0.15) is 0 Å². The van der Waals surface area contributed by atoms with Crippen molar-refractivity contribution in [3.63, 3.8) is 0 Å². The fourth-order valence-corrected chi connectivity index (χ4v) is 3.53. The Labute approximate surface area is 105 Å². The number of carboxylic acids is 1. The van der Waals surface area contributed by atoms with E-state index < -0.39 is 5.97 Å². The molecular formula is C14H13ClO2. The maximum atomic E-state index is 11.4. The van der Waals surface area contributed by atoms with Crippen LogP contribution in [0.15, 0.2) is 36.4 Å². The number of aliphatic carboxylic acids is 1. The normalized spacial score (nSPS) is 34.2. The third kappa shape index (κ3) is 1.67. The van der Waals surface area contributed by atoms with Gasteiger partial charge in [0.2, 0.25) is 0 Å². The summed E-state index contributed by atoms with van der Waals surface area (Å²) in [5.74, 6) is -0.336. The minimum Gasteiger partial charge on any atom is -0.481 e. The Kier molecular flexibility index (Phi) is 2.48. The van der Waals surface area contributed by atoms with Gasteiger partial charge in [0.1, 0.15) is 0 Å². The third-order valence-electron chi connectivity index (χ3n) is 3.98. The predicted octanol–water partition coefficient (Wildman–Crippen LogP) is 3.33. The molecule has 1 fully saturated rings. The molecule has 0 heterocycles. The molecule has 88 valence electrons. The molecule has 0 spiro atoms. The second-order valence-electron chi connectivity index (χ2n) is 4.89. The van der Waals surface area contributed by atoms with Crippen LogP contribution >= 0.6 is 11.6 Å². The monoisotopic (exact) mass is 248 g/mol. The lowest BCUT2D eigenvalue weighted by Crippen LogP contribution is -2.25. The minimum atomic E-state index is -0.688. The van der Waals surface area contributed by atoms with Crippen LogP contribution < -0.4 is 0 Å². The Morgan fingerprint density at radius 3 is 2.76 bits per heavy atom. The summed E-state index contributed by atoms with van der Waals surface area (Å²) in [6.07, 6.45) is 5.19. The molecule has 3 rings (SSSR count). The lowest BCUT2D eigenvalue weighted by atomic mass is 9.78. The summed E-state index contributed by atoms with van der Waals surface area (Å²) in [4.78, 5) is 11.4. The maximum Gasteiger partial charge on any atom is 0.307 e. The number of carbonyl (C=O) groups is 1. The van der Waals surface area contributed by atoms with Crippen molar-refractivity contribution in [3.8, 4) is 0 Å². The van der Waals surface area contributed by atoms with Gasteiger partial charge in [-0.05, 0) is 36.0 Å². The lowest BCUT2D eigenvalue weighted by molar-refractivity contribution is -0.143. The zero-order valence-electron chi connectivity index (χ0n) is 9.21. The number of hydrogen-bond acceptors (Lipinski definition) is 1. The number of rotatable bonds is 2. The molecule has 2 aliphatic rings.